The number of ether oxygens (including phenoxy) is 2. The van der Waals surface area contributed by atoms with Gasteiger partial charge in [-0.05, 0) is 23.3 Å². The molecule has 4 atom stereocenters. The standard InChI is InChI=1S/C12H13ClO4/c13-7-1-2-8-6(3-7)4-16-11(8)12-10(15)9(14)5-17-12/h1-3,9-12,14-15H,4-5H2. The first kappa shape index (κ1) is 11.4. The molecule has 1 saturated heterocycles. The Balaban J connectivity index is 1.89. The Morgan fingerprint density at radius 1 is 1.24 bits per heavy atom. The van der Waals surface area contributed by atoms with E-state index in [0.29, 0.717) is 11.6 Å². The van der Waals surface area contributed by atoms with E-state index in [-0.39, 0.29) is 12.7 Å². The predicted octanol–water partition coefficient (Wildman–Crippen LogP) is 1.03. The largest absolute Gasteiger partial charge is 0.388 e. The normalized spacial score (nSPS) is 36.2. The summed E-state index contributed by atoms with van der Waals surface area (Å²) in [4.78, 5) is 0. The third-order valence-corrected chi connectivity index (χ3v) is 3.55. The molecule has 2 aliphatic heterocycles. The Labute approximate surface area is 104 Å². The zero-order chi connectivity index (χ0) is 12.0. The predicted molar refractivity (Wildman–Crippen MR) is 60.7 cm³/mol. The van der Waals surface area contributed by atoms with Crippen molar-refractivity contribution in [1.29, 1.82) is 0 Å². The molecule has 0 aromatic heterocycles. The Kier molecular flexibility index (Phi) is 2.84. The van der Waals surface area contributed by atoms with E-state index in [1.807, 2.05) is 12.1 Å². The first-order valence-electron chi connectivity index (χ1n) is 5.54. The number of aliphatic hydroxyl groups excluding tert-OH is 2. The average Bonchev–Trinajstić information content (AvgIpc) is 2.84. The number of aliphatic hydroxyl groups is 2. The van der Waals surface area contributed by atoms with Crippen molar-refractivity contribution in [3.63, 3.8) is 0 Å². The summed E-state index contributed by atoms with van der Waals surface area (Å²) in [5.74, 6) is 0. The van der Waals surface area contributed by atoms with Gasteiger partial charge in [-0.3, -0.25) is 0 Å². The molecule has 1 aromatic rings. The van der Waals surface area contributed by atoms with Crippen molar-refractivity contribution in [1.82, 2.24) is 0 Å². The Morgan fingerprint density at radius 2 is 2.06 bits per heavy atom. The molecule has 0 radical (unpaired) electrons. The second-order valence-electron chi connectivity index (χ2n) is 4.43. The van der Waals surface area contributed by atoms with Gasteiger partial charge in [0.05, 0.1) is 13.2 Å². The van der Waals surface area contributed by atoms with Gasteiger partial charge < -0.3 is 19.7 Å². The van der Waals surface area contributed by atoms with Crippen LogP contribution in [0.1, 0.15) is 17.2 Å². The van der Waals surface area contributed by atoms with Crippen molar-refractivity contribution >= 4 is 11.6 Å². The highest BCUT2D eigenvalue weighted by molar-refractivity contribution is 6.30. The van der Waals surface area contributed by atoms with Gasteiger partial charge in [-0.15, -0.1) is 0 Å². The quantitative estimate of drug-likeness (QED) is 0.788. The topological polar surface area (TPSA) is 58.9 Å². The Bertz CT molecular complexity index is 437. The van der Waals surface area contributed by atoms with Crippen LogP contribution in [-0.4, -0.2) is 35.1 Å². The van der Waals surface area contributed by atoms with Crippen molar-refractivity contribution in [2.24, 2.45) is 0 Å². The van der Waals surface area contributed by atoms with E-state index < -0.39 is 18.3 Å². The van der Waals surface area contributed by atoms with Crippen LogP contribution in [0.25, 0.3) is 0 Å². The lowest BCUT2D eigenvalue weighted by molar-refractivity contribution is -0.0786. The van der Waals surface area contributed by atoms with Crippen LogP contribution in [0.3, 0.4) is 0 Å². The van der Waals surface area contributed by atoms with Crippen LogP contribution in [0.4, 0.5) is 0 Å². The first-order chi connectivity index (χ1) is 8.16. The number of rotatable bonds is 1. The number of fused-ring (bicyclic) bond motifs is 1. The van der Waals surface area contributed by atoms with Crippen LogP contribution in [0.15, 0.2) is 18.2 Å². The van der Waals surface area contributed by atoms with Crippen molar-refractivity contribution in [3.05, 3.63) is 34.3 Å². The average molecular weight is 257 g/mol. The molecule has 17 heavy (non-hydrogen) atoms. The van der Waals surface area contributed by atoms with Crippen LogP contribution < -0.4 is 0 Å². The molecule has 0 saturated carbocycles. The molecule has 5 heteroatoms. The number of halogens is 1. The summed E-state index contributed by atoms with van der Waals surface area (Å²) >= 11 is 5.91. The molecule has 4 unspecified atom stereocenters. The van der Waals surface area contributed by atoms with Gasteiger partial charge in [0.1, 0.15) is 24.4 Å². The lowest BCUT2D eigenvalue weighted by Crippen LogP contribution is -2.34. The fourth-order valence-electron chi connectivity index (χ4n) is 2.41. The molecule has 3 rings (SSSR count). The van der Waals surface area contributed by atoms with Crippen LogP contribution >= 0.6 is 11.6 Å². The molecule has 0 spiro atoms. The van der Waals surface area contributed by atoms with Crippen LogP contribution in [0.2, 0.25) is 5.02 Å². The zero-order valence-electron chi connectivity index (χ0n) is 9.04. The maximum atomic E-state index is 9.82. The third kappa shape index (κ3) is 1.86. The van der Waals surface area contributed by atoms with Crippen LogP contribution in [0.5, 0.6) is 0 Å². The van der Waals surface area contributed by atoms with E-state index in [9.17, 15) is 10.2 Å². The summed E-state index contributed by atoms with van der Waals surface area (Å²) in [6, 6.07) is 5.53. The molecule has 2 aliphatic rings. The van der Waals surface area contributed by atoms with E-state index >= 15 is 0 Å². The molecular weight excluding hydrogens is 244 g/mol. The molecule has 92 valence electrons. The Morgan fingerprint density at radius 3 is 2.76 bits per heavy atom. The summed E-state index contributed by atoms with van der Waals surface area (Å²) in [5, 5.41) is 20.0. The van der Waals surface area contributed by atoms with Crippen molar-refractivity contribution in [3.8, 4) is 0 Å². The van der Waals surface area contributed by atoms with Gasteiger partial charge in [0.25, 0.3) is 0 Å². The third-order valence-electron chi connectivity index (χ3n) is 3.32. The monoisotopic (exact) mass is 256 g/mol. The molecule has 1 fully saturated rings. The van der Waals surface area contributed by atoms with Crippen molar-refractivity contribution < 1.29 is 19.7 Å². The molecule has 0 amide bonds. The zero-order valence-corrected chi connectivity index (χ0v) is 9.80. The minimum absolute atomic E-state index is 0.147. The molecule has 4 nitrogen and oxygen atoms in total. The van der Waals surface area contributed by atoms with E-state index in [4.69, 9.17) is 21.1 Å². The first-order valence-corrected chi connectivity index (χ1v) is 5.92. The summed E-state index contributed by atoms with van der Waals surface area (Å²) in [6.45, 7) is 0.609. The smallest absolute Gasteiger partial charge is 0.116 e. The molecule has 0 bridgehead atoms. The highest BCUT2D eigenvalue weighted by Crippen LogP contribution is 2.38. The molecule has 2 N–H and O–H groups in total. The Hall–Kier alpha value is -0.650. The van der Waals surface area contributed by atoms with Crippen molar-refractivity contribution in [2.75, 3.05) is 6.61 Å². The maximum Gasteiger partial charge on any atom is 0.116 e. The van der Waals surface area contributed by atoms with Gasteiger partial charge >= 0.3 is 0 Å². The van der Waals surface area contributed by atoms with Gasteiger partial charge in [-0.25, -0.2) is 0 Å². The molecule has 1 aromatic carbocycles. The number of hydrogen-bond acceptors (Lipinski definition) is 4. The fraction of sp³-hybridized carbons (Fsp3) is 0.500. The van der Waals surface area contributed by atoms with E-state index in [0.717, 1.165) is 11.1 Å². The maximum absolute atomic E-state index is 9.82. The van der Waals surface area contributed by atoms with E-state index in [1.165, 1.54) is 0 Å². The van der Waals surface area contributed by atoms with Gasteiger partial charge in [0.2, 0.25) is 0 Å². The number of hydrogen-bond donors (Lipinski definition) is 2. The van der Waals surface area contributed by atoms with E-state index in [2.05, 4.69) is 0 Å². The van der Waals surface area contributed by atoms with Crippen molar-refractivity contribution in [2.45, 2.75) is 31.0 Å². The molecule has 2 heterocycles. The summed E-state index contributed by atoms with van der Waals surface area (Å²) in [7, 11) is 0. The minimum Gasteiger partial charge on any atom is -0.388 e. The summed E-state index contributed by atoms with van der Waals surface area (Å²) in [5.41, 5.74) is 1.99. The van der Waals surface area contributed by atoms with Gasteiger partial charge in [0, 0.05) is 5.02 Å². The van der Waals surface area contributed by atoms with Gasteiger partial charge in [-0.1, -0.05) is 17.7 Å². The SMILES string of the molecule is OC1COC(C2OCc3cc(Cl)ccc32)C1O. The highest BCUT2D eigenvalue weighted by atomic mass is 35.5. The van der Waals surface area contributed by atoms with E-state index in [1.54, 1.807) is 6.07 Å². The summed E-state index contributed by atoms with van der Waals surface area (Å²) in [6.07, 6.45) is -2.57. The van der Waals surface area contributed by atoms with Crippen LogP contribution in [0, 0.1) is 0 Å². The second kappa shape index (κ2) is 4.23. The molecule has 0 aliphatic carbocycles. The number of benzene rings is 1. The fourth-order valence-corrected chi connectivity index (χ4v) is 2.61. The highest BCUT2D eigenvalue weighted by Gasteiger charge is 2.43. The lowest BCUT2D eigenvalue weighted by atomic mass is 9.98. The van der Waals surface area contributed by atoms with Crippen LogP contribution in [-0.2, 0) is 16.1 Å². The molecular formula is C12H13ClO4. The second-order valence-corrected chi connectivity index (χ2v) is 4.87. The summed E-state index contributed by atoms with van der Waals surface area (Å²) < 4.78 is 11.0. The minimum atomic E-state index is -0.901. The van der Waals surface area contributed by atoms with Gasteiger partial charge in [0.15, 0.2) is 0 Å². The lowest BCUT2D eigenvalue weighted by Gasteiger charge is -2.21. The van der Waals surface area contributed by atoms with Gasteiger partial charge in [-0.2, -0.15) is 0 Å².